The molecule has 1 aliphatic heterocycles. The van der Waals surface area contributed by atoms with Crippen molar-refractivity contribution < 1.29 is 14.3 Å². The molecule has 6 heteroatoms. The van der Waals surface area contributed by atoms with Crippen molar-refractivity contribution in [3.05, 3.63) is 76.3 Å². The van der Waals surface area contributed by atoms with Gasteiger partial charge in [0.2, 0.25) is 0 Å². The van der Waals surface area contributed by atoms with Crippen LogP contribution in [0.3, 0.4) is 0 Å². The highest BCUT2D eigenvalue weighted by molar-refractivity contribution is 6.01. The van der Waals surface area contributed by atoms with E-state index in [1.807, 2.05) is 68.1 Å². The van der Waals surface area contributed by atoms with Gasteiger partial charge in [-0.1, -0.05) is 17.7 Å². The van der Waals surface area contributed by atoms with Crippen molar-refractivity contribution in [2.75, 3.05) is 18.1 Å². The van der Waals surface area contributed by atoms with Crippen LogP contribution in [0.25, 0.3) is 0 Å². The molecule has 0 saturated heterocycles. The van der Waals surface area contributed by atoms with Crippen molar-refractivity contribution in [3.63, 3.8) is 0 Å². The molecular weight excluding hydrogens is 414 g/mol. The number of allylic oxidation sites excluding steroid dienone is 3. The summed E-state index contributed by atoms with van der Waals surface area (Å²) in [6, 6.07) is 15.8. The Hall–Kier alpha value is -3.72. The Kier molecular flexibility index (Phi) is 6.41. The molecule has 1 aliphatic carbocycles. The Morgan fingerprint density at radius 3 is 2.48 bits per heavy atom. The molecule has 0 fully saturated rings. The number of Topliss-reactive ketones (excluding diaryl/α,β-unsaturated/α-hetero) is 1. The number of ketones is 1. The van der Waals surface area contributed by atoms with Gasteiger partial charge in [0, 0.05) is 28.9 Å². The molecule has 2 aromatic carbocycles. The van der Waals surface area contributed by atoms with Crippen LogP contribution in [0.1, 0.15) is 50.2 Å². The van der Waals surface area contributed by atoms with Crippen LogP contribution in [0.2, 0.25) is 0 Å². The van der Waals surface area contributed by atoms with E-state index in [2.05, 4.69) is 6.07 Å². The second-order valence-electron chi connectivity index (χ2n) is 8.22. The van der Waals surface area contributed by atoms with Gasteiger partial charge in [-0.15, -0.1) is 0 Å². The molecule has 33 heavy (non-hydrogen) atoms. The van der Waals surface area contributed by atoms with Gasteiger partial charge in [0.05, 0.1) is 30.8 Å². The van der Waals surface area contributed by atoms with Crippen molar-refractivity contribution >= 4 is 11.5 Å². The van der Waals surface area contributed by atoms with Crippen LogP contribution in [0.15, 0.2) is 65.1 Å². The van der Waals surface area contributed by atoms with Gasteiger partial charge in [0.1, 0.15) is 17.3 Å². The Bertz CT molecular complexity index is 1170. The molecule has 4 rings (SSSR count). The third-order valence-electron chi connectivity index (χ3n) is 6.11. The zero-order chi connectivity index (χ0) is 23.5. The quantitative estimate of drug-likeness (QED) is 0.668. The molecule has 0 saturated carbocycles. The molecule has 0 amide bonds. The maximum absolute atomic E-state index is 13.4. The van der Waals surface area contributed by atoms with E-state index < -0.39 is 5.92 Å². The summed E-state index contributed by atoms with van der Waals surface area (Å²) in [5.74, 6) is 1.09. The summed E-state index contributed by atoms with van der Waals surface area (Å²) in [7, 11) is 0. The molecule has 0 aromatic heterocycles. The lowest BCUT2D eigenvalue weighted by atomic mass is 9.75. The van der Waals surface area contributed by atoms with E-state index in [1.165, 1.54) is 0 Å². The van der Waals surface area contributed by atoms with Gasteiger partial charge in [0.25, 0.3) is 0 Å². The number of nitrogens with zero attached hydrogens (tertiary/aromatic N) is 2. The van der Waals surface area contributed by atoms with Crippen molar-refractivity contribution in [2.45, 2.75) is 46.0 Å². The van der Waals surface area contributed by atoms with E-state index in [-0.39, 0.29) is 5.78 Å². The van der Waals surface area contributed by atoms with Crippen LogP contribution in [0.4, 0.5) is 5.69 Å². The van der Waals surface area contributed by atoms with Gasteiger partial charge in [0.15, 0.2) is 5.78 Å². The van der Waals surface area contributed by atoms with Crippen LogP contribution >= 0.6 is 0 Å². The zero-order valence-electron chi connectivity index (χ0n) is 19.4. The summed E-state index contributed by atoms with van der Waals surface area (Å²) in [4.78, 5) is 15.2. The van der Waals surface area contributed by atoms with E-state index in [0.717, 1.165) is 28.9 Å². The number of aryl methyl sites for hydroxylation is 1. The lowest BCUT2D eigenvalue weighted by Crippen LogP contribution is -2.38. The first-order valence-electron chi connectivity index (χ1n) is 11.4. The van der Waals surface area contributed by atoms with Crippen LogP contribution in [0.5, 0.6) is 11.5 Å². The molecule has 1 heterocycles. The molecule has 1 unspecified atom stereocenters. The van der Waals surface area contributed by atoms with Gasteiger partial charge < -0.3 is 15.2 Å². The SMILES string of the molecule is CCOc1ccc(OCC)c(C2C(C#N)=C(N)N(c3ccc(C)cc3)C3=C2C(=O)CCC3)c1. The van der Waals surface area contributed by atoms with Gasteiger partial charge in [-0.2, -0.15) is 5.26 Å². The van der Waals surface area contributed by atoms with E-state index >= 15 is 0 Å². The highest BCUT2D eigenvalue weighted by atomic mass is 16.5. The average molecular weight is 444 g/mol. The fourth-order valence-corrected chi connectivity index (χ4v) is 4.68. The Balaban J connectivity index is 1.97. The molecule has 2 aliphatic rings. The first kappa shape index (κ1) is 22.5. The minimum atomic E-state index is -0.596. The second kappa shape index (κ2) is 9.41. The number of hydrogen-bond acceptors (Lipinski definition) is 6. The fourth-order valence-electron chi connectivity index (χ4n) is 4.68. The molecule has 0 radical (unpaired) electrons. The number of benzene rings is 2. The molecule has 170 valence electrons. The van der Waals surface area contributed by atoms with Crippen LogP contribution < -0.4 is 20.1 Å². The van der Waals surface area contributed by atoms with Gasteiger partial charge >= 0.3 is 0 Å². The first-order chi connectivity index (χ1) is 16.0. The number of nitriles is 1. The van der Waals surface area contributed by atoms with Crippen molar-refractivity contribution in [3.8, 4) is 17.6 Å². The summed E-state index contributed by atoms with van der Waals surface area (Å²) in [5.41, 5.74) is 11.2. The molecule has 2 aromatic rings. The molecule has 0 bridgehead atoms. The molecule has 2 N–H and O–H groups in total. The smallest absolute Gasteiger partial charge is 0.161 e. The summed E-state index contributed by atoms with van der Waals surface area (Å²) in [6.07, 6.45) is 1.91. The normalized spacial score (nSPS) is 18.2. The number of anilines is 1. The number of rotatable bonds is 6. The Morgan fingerprint density at radius 1 is 1.09 bits per heavy atom. The maximum Gasteiger partial charge on any atom is 0.161 e. The van der Waals surface area contributed by atoms with Crippen LogP contribution in [-0.2, 0) is 4.79 Å². The molecule has 6 nitrogen and oxygen atoms in total. The average Bonchev–Trinajstić information content (AvgIpc) is 2.81. The van der Waals surface area contributed by atoms with Gasteiger partial charge in [-0.25, -0.2) is 0 Å². The standard InChI is InChI=1S/C27H29N3O3/c1-4-32-19-13-14-24(33-5-2)20(15-19)25-21(16-28)27(29)30(18-11-9-17(3)10-12-18)22-7-6-8-23(31)26(22)25/h9-15,25H,4-8,29H2,1-3H3. The molecular formula is C27H29N3O3. The number of hydrogen-bond donors (Lipinski definition) is 1. The lowest BCUT2D eigenvalue weighted by Gasteiger charge is -2.40. The minimum Gasteiger partial charge on any atom is -0.494 e. The van der Waals surface area contributed by atoms with Gasteiger partial charge in [-0.05, 0) is 63.9 Å². The summed E-state index contributed by atoms with van der Waals surface area (Å²) in [6.45, 7) is 6.82. The fraction of sp³-hybridized carbons (Fsp3) is 0.333. The van der Waals surface area contributed by atoms with Gasteiger partial charge in [-0.3, -0.25) is 9.69 Å². The van der Waals surface area contributed by atoms with E-state index in [4.69, 9.17) is 15.2 Å². The first-order valence-corrected chi connectivity index (χ1v) is 11.4. The third kappa shape index (κ3) is 4.07. The number of ether oxygens (including phenoxy) is 2. The number of carbonyl (C=O) groups is 1. The largest absolute Gasteiger partial charge is 0.494 e. The highest BCUT2D eigenvalue weighted by Gasteiger charge is 2.41. The van der Waals surface area contributed by atoms with Crippen molar-refractivity contribution in [1.82, 2.24) is 0 Å². The molecule has 0 spiro atoms. The summed E-state index contributed by atoms with van der Waals surface area (Å²) < 4.78 is 11.6. The van der Waals surface area contributed by atoms with E-state index in [9.17, 15) is 10.1 Å². The predicted molar refractivity (Wildman–Crippen MR) is 128 cm³/mol. The zero-order valence-corrected chi connectivity index (χ0v) is 19.4. The summed E-state index contributed by atoms with van der Waals surface area (Å²) in [5, 5.41) is 10.3. The van der Waals surface area contributed by atoms with E-state index in [0.29, 0.717) is 54.5 Å². The second-order valence-corrected chi connectivity index (χ2v) is 8.22. The minimum absolute atomic E-state index is 0.0443. The highest BCUT2D eigenvalue weighted by Crippen LogP contribution is 2.48. The maximum atomic E-state index is 13.4. The molecule has 1 atom stereocenters. The lowest BCUT2D eigenvalue weighted by molar-refractivity contribution is -0.116. The third-order valence-corrected chi connectivity index (χ3v) is 6.11. The predicted octanol–water partition coefficient (Wildman–Crippen LogP) is 5.10. The topological polar surface area (TPSA) is 88.6 Å². The number of nitrogens with two attached hydrogens (primary N) is 1. The monoisotopic (exact) mass is 443 g/mol. The van der Waals surface area contributed by atoms with Crippen molar-refractivity contribution in [1.29, 1.82) is 5.26 Å². The Labute approximate surface area is 194 Å². The van der Waals surface area contributed by atoms with Crippen LogP contribution in [-0.4, -0.2) is 19.0 Å². The Morgan fingerprint density at radius 2 is 1.82 bits per heavy atom. The number of carbonyl (C=O) groups excluding carboxylic acids is 1. The summed E-state index contributed by atoms with van der Waals surface area (Å²) >= 11 is 0. The van der Waals surface area contributed by atoms with Crippen molar-refractivity contribution in [2.24, 2.45) is 5.73 Å². The van der Waals surface area contributed by atoms with E-state index in [1.54, 1.807) is 0 Å². The van der Waals surface area contributed by atoms with Crippen LogP contribution in [0, 0.1) is 18.3 Å².